The quantitative estimate of drug-likeness (QED) is 0.716. The van der Waals surface area contributed by atoms with E-state index in [2.05, 4.69) is 15.0 Å². The first-order chi connectivity index (χ1) is 11.6. The van der Waals surface area contributed by atoms with E-state index < -0.39 is 10.9 Å². The van der Waals surface area contributed by atoms with Gasteiger partial charge in [-0.1, -0.05) is 0 Å². The molecule has 1 amide bonds. The van der Waals surface area contributed by atoms with E-state index in [0.717, 1.165) is 11.3 Å². The molecule has 1 saturated carbocycles. The molecular weight excluding hydrogens is 330 g/mol. The highest BCUT2D eigenvalue weighted by atomic mass is 32.2. The summed E-state index contributed by atoms with van der Waals surface area (Å²) in [5.41, 5.74) is 1.56. The van der Waals surface area contributed by atoms with Gasteiger partial charge in [0.15, 0.2) is 0 Å². The molecule has 0 unspecified atom stereocenters. The molecule has 7 nitrogen and oxygen atoms in total. The summed E-state index contributed by atoms with van der Waals surface area (Å²) in [5, 5.41) is 2.91. The van der Waals surface area contributed by atoms with Gasteiger partial charge in [0.05, 0.1) is 6.20 Å². The van der Waals surface area contributed by atoms with E-state index in [9.17, 15) is 13.2 Å². The summed E-state index contributed by atoms with van der Waals surface area (Å²) in [5.74, 6) is 0.429. The van der Waals surface area contributed by atoms with Gasteiger partial charge in [0.1, 0.15) is 6.26 Å². The highest BCUT2D eigenvalue weighted by Gasteiger charge is 2.26. The summed E-state index contributed by atoms with van der Waals surface area (Å²) in [6.07, 6.45) is 5.83. The van der Waals surface area contributed by atoms with E-state index in [1.54, 1.807) is 6.20 Å². The topological polar surface area (TPSA) is 101 Å². The van der Waals surface area contributed by atoms with Crippen LogP contribution in [0.5, 0.6) is 0 Å². The smallest absolute Gasteiger partial charge is 0.227 e. The van der Waals surface area contributed by atoms with Crippen LogP contribution < -0.4 is 10.0 Å². The minimum Gasteiger partial charge on any atom is -0.445 e. The zero-order valence-corrected chi connectivity index (χ0v) is 13.9. The Labute approximate surface area is 141 Å². The van der Waals surface area contributed by atoms with Crippen LogP contribution in [0.1, 0.15) is 25.7 Å². The fourth-order valence-corrected chi connectivity index (χ4v) is 3.50. The number of benzene rings is 1. The Morgan fingerprint density at radius 3 is 2.42 bits per heavy atom. The lowest BCUT2D eigenvalue weighted by atomic mass is 9.86. The number of amides is 1. The molecule has 0 spiro atoms. The van der Waals surface area contributed by atoms with Gasteiger partial charge in [-0.3, -0.25) is 4.79 Å². The largest absolute Gasteiger partial charge is 0.445 e. The first-order valence-corrected chi connectivity index (χ1v) is 9.01. The fourth-order valence-electron chi connectivity index (χ4n) is 2.94. The van der Waals surface area contributed by atoms with Gasteiger partial charge in [0, 0.05) is 23.2 Å². The molecule has 3 rings (SSSR count). The molecule has 1 fully saturated rings. The van der Waals surface area contributed by atoms with Gasteiger partial charge in [-0.25, -0.2) is 18.1 Å². The first-order valence-electron chi connectivity index (χ1n) is 7.83. The van der Waals surface area contributed by atoms with Crippen molar-refractivity contribution in [1.82, 2.24) is 9.71 Å². The zero-order valence-electron chi connectivity index (χ0n) is 13.0. The summed E-state index contributed by atoms with van der Waals surface area (Å²) in [6, 6.07) is 7.26. The van der Waals surface area contributed by atoms with E-state index >= 15 is 0 Å². The summed E-state index contributed by atoms with van der Waals surface area (Å²) in [4.78, 5) is 16.4. The number of aromatic nitrogens is 1. The average Bonchev–Trinajstić information content (AvgIpc) is 3.10. The number of rotatable bonds is 5. The number of nitrogens with one attached hydrogen (secondary N) is 2. The Morgan fingerprint density at radius 1 is 1.12 bits per heavy atom. The van der Waals surface area contributed by atoms with Crippen LogP contribution in [0.25, 0.3) is 11.5 Å². The number of nitrogens with zero attached hydrogens (tertiary/aromatic N) is 1. The molecule has 0 radical (unpaired) electrons. The number of oxazole rings is 1. The van der Waals surface area contributed by atoms with Gasteiger partial charge in [-0.05, 0) is 49.9 Å². The molecule has 0 aliphatic heterocycles. The molecule has 8 heteroatoms. The minimum atomic E-state index is -2.57. The number of hydrogen-bond acceptors (Lipinski definition) is 5. The molecule has 24 heavy (non-hydrogen) atoms. The van der Waals surface area contributed by atoms with Crippen molar-refractivity contribution in [3.05, 3.63) is 36.7 Å². The van der Waals surface area contributed by atoms with Gasteiger partial charge in [-0.15, -0.1) is 0 Å². The Hall–Kier alpha value is -2.19. The van der Waals surface area contributed by atoms with Crippen molar-refractivity contribution in [3.8, 4) is 11.5 Å². The predicted molar refractivity (Wildman–Crippen MR) is 89.8 cm³/mol. The minimum absolute atomic E-state index is 0.0242. The van der Waals surface area contributed by atoms with Gasteiger partial charge in [0.2, 0.25) is 22.7 Å². The molecule has 1 aromatic carbocycles. The van der Waals surface area contributed by atoms with E-state index in [-0.39, 0.29) is 17.9 Å². The van der Waals surface area contributed by atoms with E-state index in [0.29, 0.717) is 31.6 Å². The molecule has 1 heterocycles. The first kappa shape index (κ1) is 16.7. The van der Waals surface area contributed by atoms with Crippen LogP contribution in [0.3, 0.4) is 0 Å². The Morgan fingerprint density at radius 2 is 1.83 bits per heavy atom. The predicted octanol–water partition coefficient (Wildman–Crippen LogP) is 1.95. The van der Waals surface area contributed by atoms with Crippen LogP contribution in [0.15, 0.2) is 41.1 Å². The van der Waals surface area contributed by atoms with Crippen LogP contribution in [0, 0.1) is 5.92 Å². The third-order valence-corrected chi connectivity index (χ3v) is 4.79. The van der Waals surface area contributed by atoms with Crippen molar-refractivity contribution in [2.75, 3.05) is 5.32 Å². The van der Waals surface area contributed by atoms with Crippen LogP contribution in [-0.4, -0.2) is 25.4 Å². The zero-order chi connectivity index (χ0) is 16.9. The number of hydrogen-bond donors (Lipinski definition) is 3. The summed E-state index contributed by atoms with van der Waals surface area (Å²) in [6.45, 7) is 0. The van der Waals surface area contributed by atoms with Crippen LogP contribution in [0.2, 0.25) is 0 Å². The molecule has 1 aliphatic carbocycles. The number of carbonyl (C=O) groups excluding carboxylic acids is 1. The highest BCUT2D eigenvalue weighted by Crippen LogP contribution is 2.26. The SMILES string of the molecule is O=C(Nc1ccc(-c2ncco2)cc1)[C@H]1CC[C@H](N[SH](=O)=O)CC1. The Bertz CT molecular complexity index is 740. The van der Waals surface area contributed by atoms with E-state index in [4.69, 9.17) is 4.42 Å². The van der Waals surface area contributed by atoms with Gasteiger partial charge >= 0.3 is 0 Å². The summed E-state index contributed by atoms with van der Waals surface area (Å²) >= 11 is 0. The molecule has 1 aliphatic rings. The van der Waals surface area contributed by atoms with Gasteiger partial charge in [0.25, 0.3) is 0 Å². The third kappa shape index (κ3) is 4.21. The highest BCUT2D eigenvalue weighted by molar-refractivity contribution is 7.70. The second kappa shape index (κ2) is 7.59. The monoisotopic (exact) mass is 349 g/mol. The molecule has 2 aromatic rings. The normalized spacial score (nSPS) is 20.9. The second-order valence-corrected chi connectivity index (χ2v) is 6.61. The van der Waals surface area contributed by atoms with Crippen molar-refractivity contribution < 1.29 is 17.6 Å². The fraction of sp³-hybridized carbons (Fsp3) is 0.375. The number of thiol groups is 1. The molecule has 128 valence electrons. The van der Waals surface area contributed by atoms with Gasteiger partial charge < -0.3 is 9.73 Å². The maximum atomic E-state index is 12.3. The number of anilines is 1. The summed E-state index contributed by atoms with van der Waals surface area (Å²) < 4.78 is 29.1. The maximum absolute atomic E-state index is 12.3. The van der Waals surface area contributed by atoms with Crippen molar-refractivity contribution in [3.63, 3.8) is 0 Å². The lowest BCUT2D eigenvalue weighted by Crippen LogP contribution is -2.35. The molecule has 0 saturated heterocycles. The molecule has 0 atom stereocenters. The molecule has 1 aromatic heterocycles. The van der Waals surface area contributed by atoms with Crippen molar-refractivity contribution in [2.24, 2.45) is 5.92 Å². The van der Waals surface area contributed by atoms with Crippen molar-refractivity contribution in [1.29, 1.82) is 0 Å². The average molecular weight is 349 g/mol. The molecule has 2 N–H and O–H groups in total. The molecule has 0 bridgehead atoms. The summed E-state index contributed by atoms with van der Waals surface area (Å²) in [7, 11) is -2.57. The molecular formula is C16H19N3O4S. The van der Waals surface area contributed by atoms with E-state index in [1.807, 2.05) is 24.3 Å². The van der Waals surface area contributed by atoms with Crippen LogP contribution in [-0.2, 0) is 15.7 Å². The maximum Gasteiger partial charge on any atom is 0.227 e. The Balaban J connectivity index is 1.54. The van der Waals surface area contributed by atoms with Crippen LogP contribution >= 0.6 is 0 Å². The third-order valence-electron chi connectivity index (χ3n) is 4.22. The van der Waals surface area contributed by atoms with Crippen LogP contribution in [0.4, 0.5) is 5.69 Å². The lowest BCUT2D eigenvalue weighted by Gasteiger charge is -2.26. The second-order valence-electron chi connectivity index (χ2n) is 5.84. The van der Waals surface area contributed by atoms with Crippen molar-refractivity contribution in [2.45, 2.75) is 31.7 Å². The Kier molecular flexibility index (Phi) is 5.27. The van der Waals surface area contributed by atoms with Crippen molar-refractivity contribution >= 4 is 22.5 Å². The van der Waals surface area contributed by atoms with Gasteiger partial charge in [-0.2, -0.15) is 0 Å². The standard InChI is InChI=1S/C16H19N3O4S/c20-15(11-1-7-14(8-2-11)19-24(21)22)18-13-5-3-12(4-6-13)16-17-9-10-23-16/h3-6,9-11,14,24H,1-2,7-8H2,(H,18,20)(H,19,21,22)/t11-,14-. The number of carbonyl (C=O) groups is 1. The lowest BCUT2D eigenvalue weighted by molar-refractivity contribution is -0.120. The van der Waals surface area contributed by atoms with E-state index in [1.165, 1.54) is 6.26 Å².